The van der Waals surface area contributed by atoms with Gasteiger partial charge in [-0.15, -0.1) is 0 Å². The Morgan fingerprint density at radius 3 is 3.05 bits per heavy atom. The maximum absolute atomic E-state index is 12.5. The molecule has 5 heteroatoms. The largest absolute Gasteiger partial charge is 0.460 e. The minimum Gasteiger partial charge on any atom is -0.460 e. The standard InChI is InChI=1S/C17H21N3O2/c1-10-5-12-3-4-20(10)9-15(12)19-17(21)14-7-13-6-11(2)22-16(13)8-18-14/h6-8,10,12,15H,3-5,9H2,1-2H3,(H,19,21). The molecule has 3 saturated heterocycles. The number of amides is 1. The number of hydrogen-bond donors (Lipinski definition) is 1. The molecule has 0 spiro atoms. The predicted molar refractivity (Wildman–Crippen MR) is 83.8 cm³/mol. The van der Waals surface area contributed by atoms with Crippen molar-refractivity contribution in [2.75, 3.05) is 13.1 Å². The van der Waals surface area contributed by atoms with Crippen LogP contribution in [0.4, 0.5) is 0 Å². The highest BCUT2D eigenvalue weighted by Crippen LogP contribution is 2.32. The van der Waals surface area contributed by atoms with Gasteiger partial charge in [0.15, 0.2) is 5.58 Å². The van der Waals surface area contributed by atoms with E-state index in [4.69, 9.17) is 4.42 Å². The fourth-order valence-electron chi connectivity index (χ4n) is 3.90. The van der Waals surface area contributed by atoms with Crippen molar-refractivity contribution in [2.45, 2.75) is 38.8 Å². The van der Waals surface area contributed by atoms with E-state index in [0.717, 1.165) is 29.8 Å². The van der Waals surface area contributed by atoms with Gasteiger partial charge in [0.05, 0.1) is 6.20 Å². The SMILES string of the molecule is Cc1cc2cc(C(=O)NC3CN4CCC3CC4C)ncc2o1. The molecular weight excluding hydrogens is 278 g/mol. The summed E-state index contributed by atoms with van der Waals surface area (Å²) in [6.45, 7) is 6.30. The Balaban J connectivity index is 1.51. The lowest BCUT2D eigenvalue weighted by molar-refractivity contribution is 0.0273. The predicted octanol–water partition coefficient (Wildman–Crippen LogP) is 2.35. The summed E-state index contributed by atoms with van der Waals surface area (Å²) in [7, 11) is 0. The van der Waals surface area contributed by atoms with Crippen LogP contribution in [0.3, 0.4) is 0 Å². The second-order valence-corrected chi connectivity index (χ2v) is 6.67. The van der Waals surface area contributed by atoms with Gasteiger partial charge in [-0.05, 0) is 51.3 Å². The molecule has 22 heavy (non-hydrogen) atoms. The molecule has 0 radical (unpaired) electrons. The van der Waals surface area contributed by atoms with E-state index in [-0.39, 0.29) is 11.9 Å². The number of fused-ring (bicyclic) bond motifs is 4. The number of furan rings is 1. The van der Waals surface area contributed by atoms with Gasteiger partial charge in [0.1, 0.15) is 11.5 Å². The Morgan fingerprint density at radius 1 is 1.45 bits per heavy atom. The van der Waals surface area contributed by atoms with E-state index >= 15 is 0 Å². The second-order valence-electron chi connectivity index (χ2n) is 6.67. The molecule has 0 aromatic carbocycles. The number of pyridine rings is 1. The molecule has 4 unspecified atom stereocenters. The van der Waals surface area contributed by atoms with Gasteiger partial charge >= 0.3 is 0 Å². The molecule has 2 aromatic rings. The first kappa shape index (κ1) is 13.8. The minimum absolute atomic E-state index is 0.0767. The number of carbonyl (C=O) groups excluding carboxylic acids is 1. The first-order chi connectivity index (χ1) is 10.6. The molecule has 0 saturated carbocycles. The average Bonchev–Trinajstić information content (AvgIpc) is 2.87. The molecule has 4 atom stereocenters. The third-order valence-corrected chi connectivity index (χ3v) is 5.13. The molecule has 116 valence electrons. The second kappa shape index (κ2) is 5.09. The third kappa shape index (κ3) is 2.29. The topological polar surface area (TPSA) is 58.4 Å². The van der Waals surface area contributed by atoms with Gasteiger partial charge in [0, 0.05) is 24.0 Å². The molecule has 3 aliphatic heterocycles. The van der Waals surface area contributed by atoms with Gasteiger partial charge in [-0.3, -0.25) is 9.69 Å². The van der Waals surface area contributed by atoms with Crippen molar-refractivity contribution < 1.29 is 9.21 Å². The molecule has 3 aliphatic rings. The lowest BCUT2D eigenvalue weighted by atomic mass is 9.80. The molecule has 2 bridgehead atoms. The lowest BCUT2D eigenvalue weighted by Crippen LogP contribution is -2.60. The van der Waals surface area contributed by atoms with E-state index in [1.807, 2.05) is 19.1 Å². The summed E-state index contributed by atoms with van der Waals surface area (Å²) in [5, 5.41) is 4.12. The lowest BCUT2D eigenvalue weighted by Gasteiger charge is -2.48. The van der Waals surface area contributed by atoms with Crippen LogP contribution in [0, 0.1) is 12.8 Å². The van der Waals surface area contributed by atoms with Crippen LogP contribution in [0.15, 0.2) is 22.7 Å². The summed E-state index contributed by atoms with van der Waals surface area (Å²) in [6, 6.07) is 4.64. The van der Waals surface area contributed by atoms with Crippen molar-refractivity contribution in [3.05, 3.63) is 29.8 Å². The third-order valence-electron chi connectivity index (χ3n) is 5.13. The zero-order chi connectivity index (χ0) is 15.3. The highest BCUT2D eigenvalue weighted by Gasteiger charge is 2.38. The van der Waals surface area contributed by atoms with Gasteiger partial charge in [0.2, 0.25) is 0 Å². The number of hydrogen-bond acceptors (Lipinski definition) is 4. The zero-order valence-electron chi connectivity index (χ0n) is 13.0. The maximum Gasteiger partial charge on any atom is 0.270 e. The quantitative estimate of drug-likeness (QED) is 0.925. The average molecular weight is 299 g/mol. The van der Waals surface area contributed by atoms with Crippen molar-refractivity contribution in [1.29, 1.82) is 0 Å². The van der Waals surface area contributed by atoms with Crippen molar-refractivity contribution in [3.63, 3.8) is 0 Å². The summed E-state index contributed by atoms with van der Waals surface area (Å²) in [5.41, 5.74) is 1.20. The number of piperidine rings is 3. The molecule has 1 N–H and O–H groups in total. The maximum atomic E-state index is 12.5. The van der Waals surface area contributed by atoms with E-state index in [2.05, 4.69) is 22.1 Å². The van der Waals surface area contributed by atoms with Gasteiger partial charge in [-0.1, -0.05) is 0 Å². The Morgan fingerprint density at radius 2 is 2.32 bits per heavy atom. The summed E-state index contributed by atoms with van der Waals surface area (Å²) >= 11 is 0. The van der Waals surface area contributed by atoms with Crippen molar-refractivity contribution in [1.82, 2.24) is 15.2 Å². The van der Waals surface area contributed by atoms with Crippen LogP contribution < -0.4 is 5.32 Å². The van der Waals surface area contributed by atoms with E-state index in [1.165, 1.54) is 12.8 Å². The number of nitrogens with one attached hydrogen (secondary N) is 1. The zero-order valence-corrected chi connectivity index (χ0v) is 13.0. The van der Waals surface area contributed by atoms with Crippen LogP contribution in [0.5, 0.6) is 0 Å². The smallest absolute Gasteiger partial charge is 0.270 e. The number of aromatic nitrogens is 1. The number of aryl methyl sites for hydroxylation is 1. The van der Waals surface area contributed by atoms with Crippen LogP contribution in [-0.2, 0) is 0 Å². The fraction of sp³-hybridized carbons (Fsp3) is 0.529. The highest BCUT2D eigenvalue weighted by atomic mass is 16.3. The van der Waals surface area contributed by atoms with E-state index in [9.17, 15) is 4.79 Å². The molecule has 2 aromatic heterocycles. The molecule has 5 heterocycles. The molecular formula is C17H21N3O2. The molecule has 3 fully saturated rings. The van der Waals surface area contributed by atoms with Crippen LogP contribution in [0.25, 0.3) is 11.0 Å². The summed E-state index contributed by atoms with van der Waals surface area (Å²) in [5.74, 6) is 1.36. The number of nitrogens with zero attached hydrogens (tertiary/aromatic N) is 2. The molecule has 5 rings (SSSR count). The molecule has 1 amide bonds. The van der Waals surface area contributed by atoms with Crippen LogP contribution in [0.2, 0.25) is 0 Å². The first-order valence-corrected chi connectivity index (χ1v) is 8.01. The van der Waals surface area contributed by atoms with Crippen molar-refractivity contribution in [2.24, 2.45) is 5.92 Å². The monoisotopic (exact) mass is 299 g/mol. The number of rotatable bonds is 2. The van der Waals surface area contributed by atoms with E-state index < -0.39 is 0 Å². The fourth-order valence-corrected chi connectivity index (χ4v) is 3.90. The van der Waals surface area contributed by atoms with Gasteiger partial charge in [-0.25, -0.2) is 4.98 Å². The van der Waals surface area contributed by atoms with Gasteiger partial charge < -0.3 is 9.73 Å². The van der Waals surface area contributed by atoms with Gasteiger partial charge in [0.25, 0.3) is 5.91 Å². The van der Waals surface area contributed by atoms with E-state index in [0.29, 0.717) is 17.7 Å². The van der Waals surface area contributed by atoms with E-state index in [1.54, 1.807) is 6.20 Å². The van der Waals surface area contributed by atoms with Crippen LogP contribution >= 0.6 is 0 Å². The highest BCUT2D eigenvalue weighted by molar-refractivity contribution is 5.95. The van der Waals surface area contributed by atoms with Crippen molar-refractivity contribution in [3.8, 4) is 0 Å². The minimum atomic E-state index is -0.0767. The first-order valence-electron chi connectivity index (χ1n) is 8.01. The molecule has 5 nitrogen and oxygen atoms in total. The summed E-state index contributed by atoms with van der Waals surface area (Å²) < 4.78 is 5.50. The molecule has 0 aliphatic carbocycles. The number of carbonyl (C=O) groups is 1. The Kier molecular flexibility index (Phi) is 3.18. The normalized spacial score (nSPS) is 30.6. The Labute approximate surface area is 129 Å². The van der Waals surface area contributed by atoms with Crippen LogP contribution in [-0.4, -0.2) is 41.0 Å². The Bertz CT molecular complexity index is 724. The summed E-state index contributed by atoms with van der Waals surface area (Å²) in [6.07, 6.45) is 4.00. The van der Waals surface area contributed by atoms with Crippen LogP contribution in [0.1, 0.15) is 36.0 Å². The summed E-state index contributed by atoms with van der Waals surface area (Å²) in [4.78, 5) is 19.2. The van der Waals surface area contributed by atoms with Gasteiger partial charge in [-0.2, -0.15) is 0 Å². The van der Waals surface area contributed by atoms with Crippen molar-refractivity contribution >= 4 is 16.9 Å². The Hall–Kier alpha value is -1.88.